The third-order valence-corrected chi connectivity index (χ3v) is 5.16. The van der Waals surface area contributed by atoms with Crippen molar-refractivity contribution in [2.45, 2.75) is 19.9 Å². The third kappa shape index (κ3) is 4.02. The number of hydrogen-bond donors (Lipinski definition) is 1. The molecule has 2 aromatic carbocycles. The van der Waals surface area contributed by atoms with Crippen molar-refractivity contribution in [2.24, 2.45) is 0 Å². The minimum Gasteiger partial charge on any atom is -0.326 e. The lowest BCUT2D eigenvalue weighted by atomic mass is 10.2. The highest BCUT2D eigenvalue weighted by Gasteiger charge is 2.13. The zero-order valence-corrected chi connectivity index (χ0v) is 17.6. The molecule has 0 radical (unpaired) electrons. The molecule has 7 nitrogen and oxygen atoms in total. The quantitative estimate of drug-likeness (QED) is 0.481. The van der Waals surface area contributed by atoms with Crippen LogP contribution in [0.4, 0.5) is 10.1 Å². The predicted molar refractivity (Wildman–Crippen MR) is 115 cm³/mol. The molecule has 4 rings (SSSR count). The number of nitrogens with one attached hydrogen (secondary N) is 1. The second-order valence-corrected chi connectivity index (χ2v) is 7.69. The van der Waals surface area contributed by atoms with Crippen LogP contribution in [0.25, 0.3) is 16.7 Å². The fraction of sp³-hybridized carbons (Fsp3) is 0.143. The molecule has 0 bridgehead atoms. The van der Waals surface area contributed by atoms with Gasteiger partial charge in [-0.2, -0.15) is 5.10 Å². The minimum atomic E-state index is -0.359. The molecule has 0 fully saturated rings. The van der Waals surface area contributed by atoms with Crippen LogP contribution in [-0.2, 0) is 11.3 Å². The van der Waals surface area contributed by atoms with E-state index in [2.05, 4.69) is 31.3 Å². The lowest BCUT2D eigenvalue weighted by Gasteiger charge is -2.10. The van der Waals surface area contributed by atoms with Crippen molar-refractivity contribution in [3.63, 3.8) is 0 Å². The molecule has 0 aliphatic heterocycles. The van der Waals surface area contributed by atoms with Gasteiger partial charge in [-0.3, -0.25) is 14.2 Å². The summed E-state index contributed by atoms with van der Waals surface area (Å²) in [4.78, 5) is 29.4. The molecule has 9 heteroatoms. The summed E-state index contributed by atoms with van der Waals surface area (Å²) in [5.74, 6) is -0.559. The van der Waals surface area contributed by atoms with E-state index in [1.807, 2.05) is 25.1 Å². The summed E-state index contributed by atoms with van der Waals surface area (Å²) in [6.07, 6.45) is 2.94. The van der Waals surface area contributed by atoms with Gasteiger partial charge in [0.15, 0.2) is 5.65 Å². The molecular formula is C21H17BrFN5O2. The molecule has 0 atom stereocenters. The number of aryl methyl sites for hydroxylation is 2. The average molecular weight is 470 g/mol. The van der Waals surface area contributed by atoms with E-state index in [4.69, 9.17) is 0 Å². The smallest absolute Gasteiger partial charge is 0.264 e. The van der Waals surface area contributed by atoms with Crippen LogP contribution < -0.4 is 10.9 Å². The summed E-state index contributed by atoms with van der Waals surface area (Å²) in [5, 5.41) is 7.38. The first kappa shape index (κ1) is 20.0. The first-order chi connectivity index (χ1) is 14.4. The molecule has 2 heterocycles. The molecule has 1 N–H and O–H groups in total. The van der Waals surface area contributed by atoms with Gasteiger partial charge in [0.1, 0.15) is 11.2 Å². The molecule has 0 aliphatic carbocycles. The lowest BCUT2D eigenvalue weighted by molar-refractivity contribution is -0.116. The van der Waals surface area contributed by atoms with E-state index < -0.39 is 0 Å². The Morgan fingerprint density at radius 1 is 1.20 bits per heavy atom. The van der Waals surface area contributed by atoms with E-state index in [0.717, 1.165) is 15.7 Å². The number of carbonyl (C=O) groups excluding carboxylic acids is 1. The van der Waals surface area contributed by atoms with Gasteiger partial charge in [-0.15, -0.1) is 0 Å². The molecular weight excluding hydrogens is 453 g/mol. The Morgan fingerprint density at radius 2 is 1.97 bits per heavy atom. The third-order valence-electron chi connectivity index (χ3n) is 4.67. The van der Waals surface area contributed by atoms with Gasteiger partial charge >= 0.3 is 0 Å². The van der Waals surface area contributed by atoms with Gasteiger partial charge in [0, 0.05) is 23.1 Å². The second kappa shape index (κ2) is 8.19. The number of halogens is 2. The van der Waals surface area contributed by atoms with Gasteiger partial charge in [0.05, 0.1) is 18.2 Å². The Morgan fingerprint density at radius 3 is 2.70 bits per heavy atom. The number of benzene rings is 2. The van der Waals surface area contributed by atoms with Crippen molar-refractivity contribution in [3.8, 4) is 5.69 Å². The van der Waals surface area contributed by atoms with Gasteiger partial charge in [0.2, 0.25) is 5.91 Å². The van der Waals surface area contributed by atoms with Crippen molar-refractivity contribution in [1.82, 2.24) is 19.3 Å². The molecule has 0 saturated heterocycles. The van der Waals surface area contributed by atoms with Crippen molar-refractivity contribution in [1.29, 1.82) is 0 Å². The Hall–Kier alpha value is -3.33. The average Bonchev–Trinajstić information content (AvgIpc) is 3.15. The fourth-order valence-electron chi connectivity index (χ4n) is 3.08. The molecule has 152 valence electrons. The Balaban J connectivity index is 1.51. The van der Waals surface area contributed by atoms with Crippen LogP contribution in [0.15, 0.2) is 64.3 Å². The number of aromatic nitrogens is 4. The largest absolute Gasteiger partial charge is 0.326 e. The molecule has 4 aromatic rings. The first-order valence-electron chi connectivity index (χ1n) is 9.17. The number of anilines is 1. The molecule has 0 spiro atoms. The van der Waals surface area contributed by atoms with Gasteiger partial charge in [0.25, 0.3) is 5.56 Å². The maximum absolute atomic E-state index is 13.2. The normalized spacial score (nSPS) is 11.0. The maximum Gasteiger partial charge on any atom is 0.264 e. The van der Waals surface area contributed by atoms with E-state index >= 15 is 0 Å². The Bertz CT molecular complexity index is 1300. The summed E-state index contributed by atoms with van der Waals surface area (Å²) in [5.41, 5.74) is 2.34. The Kier molecular flexibility index (Phi) is 5.45. The summed E-state index contributed by atoms with van der Waals surface area (Å²) >= 11 is 3.39. The zero-order valence-electron chi connectivity index (χ0n) is 16.0. The molecule has 2 aromatic heterocycles. The molecule has 0 aliphatic rings. The lowest BCUT2D eigenvalue weighted by Crippen LogP contribution is -2.23. The Labute approximate surface area is 179 Å². The van der Waals surface area contributed by atoms with Crippen molar-refractivity contribution in [3.05, 3.63) is 81.2 Å². The second-order valence-electron chi connectivity index (χ2n) is 6.77. The van der Waals surface area contributed by atoms with Crippen molar-refractivity contribution >= 4 is 38.6 Å². The van der Waals surface area contributed by atoms with Crippen molar-refractivity contribution < 1.29 is 9.18 Å². The number of carbonyl (C=O) groups is 1. The van der Waals surface area contributed by atoms with Crippen LogP contribution >= 0.6 is 15.9 Å². The van der Waals surface area contributed by atoms with E-state index in [9.17, 15) is 14.0 Å². The van der Waals surface area contributed by atoms with Gasteiger partial charge < -0.3 is 5.32 Å². The highest BCUT2D eigenvalue weighted by atomic mass is 79.9. The summed E-state index contributed by atoms with van der Waals surface area (Å²) in [6, 6.07) is 11.3. The highest BCUT2D eigenvalue weighted by molar-refractivity contribution is 9.10. The minimum absolute atomic E-state index is 0.120. The summed E-state index contributed by atoms with van der Waals surface area (Å²) in [7, 11) is 0. The highest BCUT2D eigenvalue weighted by Crippen LogP contribution is 2.20. The first-order valence-corrected chi connectivity index (χ1v) is 9.97. The monoisotopic (exact) mass is 469 g/mol. The number of fused-ring (bicyclic) bond motifs is 1. The number of amides is 1. The van der Waals surface area contributed by atoms with E-state index in [-0.39, 0.29) is 30.2 Å². The summed E-state index contributed by atoms with van der Waals surface area (Å²) < 4.78 is 16.9. The van der Waals surface area contributed by atoms with E-state index in [1.165, 1.54) is 33.9 Å². The molecule has 30 heavy (non-hydrogen) atoms. The van der Waals surface area contributed by atoms with Crippen molar-refractivity contribution in [2.75, 3.05) is 5.32 Å². The van der Waals surface area contributed by atoms with Crippen LogP contribution in [-0.4, -0.2) is 25.2 Å². The predicted octanol–water partition coefficient (Wildman–Crippen LogP) is 3.82. The fourth-order valence-corrected chi connectivity index (χ4v) is 3.56. The van der Waals surface area contributed by atoms with Crippen LogP contribution in [0.3, 0.4) is 0 Å². The molecule has 0 unspecified atom stereocenters. The van der Waals surface area contributed by atoms with E-state index in [1.54, 1.807) is 12.1 Å². The molecule has 0 saturated carbocycles. The van der Waals surface area contributed by atoms with Crippen LogP contribution in [0.2, 0.25) is 0 Å². The topological polar surface area (TPSA) is 81.8 Å². The standard InChI is InChI=1S/C21H17BrFN5O2/c1-13-10-14(22)2-7-18(13)26-19(29)8-9-27-12-24-20-17(21(27)30)11-25-28(20)16-5-3-15(23)4-6-16/h2-7,10-12H,8-9H2,1H3,(H,26,29). The van der Waals surface area contributed by atoms with E-state index in [0.29, 0.717) is 16.7 Å². The summed E-state index contributed by atoms with van der Waals surface area (Å²) in [6.45, 7) is 2.09. The van der Waals surface area contributed by atoms with Gasteiger partial charge in [-0.1, -0.05) is 15.9 Å². The SMILES string of the molecule is Cc1cc(Br)ccc1NC(=O)CCn1cnc2c(cnn2-c2ccc(F)cc2)c1=O. The van der Waals surface area contributed by atoms with Crippen LogP contribution in [0.5, 0.6) is 0 Å². The molecule has 1 amide bonds. The van der Waals surface area contributed by atoms with Crippen LogP contribution in [0, 0.1) is 12.7 Å². The maximum atomic E-state index is 13.2. The number of rotatable bonds is 5. The van der Waals surface area contributed by atoms with Crippen LogP contribution in [0.1, 0.15) is 12.0 Å². The number of hydrogen-bond acceptors (Lipinski definition) is 4. The van der Waals surface area contributed by atoms with Gasteiger partial charge in [-0.05, 0) is 55.0 Å². The number of nitrogens with zero attached hydrogens (tertiary/aromatic N) is 4. The zero-order chi connectivity index (χ0) is 21.3. The van der Waals surface area contributed by atoms with Gasteiger partial charge in [-0.25, -0.2) is 14.1 Å².